The molecule has 1 fully saturated rings. The molecule has 0 nitrogen and oxygen atoms in total. The lowest BCUT2D eigenvalue weighted by Gasteiger charge is -2.24. The lowest BCUT2D eigenvalue weighted by molar-refractivity contribution is 0.286. The van der Waals surface area contributed by atoms with Gasteiger partial charge < -0.3 is 0 Å². The first-order valence-electron chi connectivity index (χ1n) is 4.53. The van der Waals surface area contributed by atoms with Crippen LogP contribution in [0.25, 0.3) is 0 Å². The van der Waals surface area contributed by atoms with Gasteiger partial charge in [0.25, 0.3) is 0 Å². The molecular formula is C10H16. The van der Waals surface area contributed by atoms with Crippen molar-refractivity contribution in [2.24, 2.45) is 5.41 Å². The quantitative estimate of drug-likeness (QED) is 0.511. The highest BCUT2D eigenvalue weighted by Gasteiger charge is 2.38. The van der Waals surface area contributed by atoms with Crippen LogP contribution in [0.5, 0.6) is 0 Å². The molecule has 0 aliphatic heterocycles. The van der Waals surface area contributed by atoms with E-state index in [4.69, 9.17) is 0 Å². The molecule has 0 amide bonds. The van der Waals surface area contributed by atoms with Gasteiger partial charge in [0, 0.05) is 0 Å². The van der Waals surface area contributed by atoms with E-state index in [2.05, 4.69) is 13.0 Å². The molecule has 0 aromatic heterocycles. The van der Waals surface area contributed by atoms with Crippen LogP contribution >= 0.6 is 0 Å². The summed E-state index contributed by atoms with van der Waals surface area (Å²) in [7, 11) is 0. The highest BCUT2D eigenvalue weighted by atomic mass is 14.4. The van der Waals surface area contributed by atoms with Gasteiger partial charge in [0.2, 0.25) is 0 Å². The molecule has 0 aromatic rings. The number of hydrogen-bond donors (Lipinski definition) is 0. The molecule has 10 heavy (non-hydrogen) atoms. The number of allylic oxidation sites excluding steroid dienone is 2. The fourth-order valence-corrected chi connectivity index (χ4v) is 2.64. The number of rotatable bonds is 2. The molecule has 0 aromatic carbocycles. The maximum atomic E-state index is 2.49. The Morgan fingerprint density at radius 2 is 2.50 bits per heavy atom. The van der Waals surface area contributed by atoms with E-state index >= 15 is 0 Å². The first kappa shape index (κ1) is 6.45. The maximum Gasteiger partial charge on any atom is -0.0223 e. The Kier molecular flexibility index (Phi) is 1.36. The highest BCUT2D eigenvalue weighted by molar-refractivity contribution is 5.20. The summed E-state index contributed by atoms with van der Waals surface area (Å²) in [6, 6.07) is 0. The third kappa shape index (κ3) is 0.817. The fraction of sp³-hybridized carbons (Fsp3) is 0.800. The van der Waals surface area contributed by atoms with Gasteiger partial charge in [0.1, 0.15) is 0 Å². The third-order valence-electron chi connectivity index (χ3n) is 3.18. The lowest BCUT2D eigenvalue weighted by Crippen LogP contribution is -2.12. The van der Waals surface area contributed by atoms with E-state index in [1.54, 1.807) is 5.57 Å². The normalized spacial score (nSPS) is 36.7. The molecule has 1 saturated carbocycles. The van der Waals surface area contributed by atoms with E-state index in [0.29, 0.717) is 0 Å². The third-order valence-corrected chi connectivity index (χ3v) is 3.18. The number of fused-ring (bicyclic) bond motifs is 2. The number of hydrogen-bond acceptors (Lipinski definition) is 0. The zero-order valence-electron chi connectivity index (χ0n) is 6.82. The first-order valence-corrected chi connectivity index (χ1v) is 4.53. The topological polar surface area (TPSA) is 0 Å². The van der Waals surface area contributed by atoms with Crippen molar-refractivity contribution in [1.29, 1.82) is 0 Å². The standard InChI is InChI=1S/C10H16/c1-2-5-10-6-3-9(8-10)4-7-10/h3H,2,4-8H2,1H3. The molecule has 0 radical (unpaired) electrons. The minimum atomic E-state index is 0.768. The van der Waals surface area contributed by atoms with Crippen molar-refractivity contribution in [2.75, 3.05) is 0 Å². The Morgan fingerprint density at radius 1 is 1.60 bits per heavy atom. The predicted molar refractivity (Wildman–Crippen MR) is 43.9 cm³/mol. The summed E-state index contributed by atoms with van der Waals surface area (Å²) in [4.78, 5) is 0. The van der Waals surface area contributed by atoms with E-state index in [0.717, 1.165) is 5.41 Å². The second kappa shape index (κ2) is 2.11. The van der Waals surface area contributed by atoms with Crippen molar-refractivity contribution in [2.45, 2.75) is 45.4 Å². The van der Waals surface area contributed by atoms with Crippen molar-refractivity contribution >= 4 is 0 Å². The Bertz CT molecular complexity index is 167. The molecule has 2 aliphatic carbocycles. The van der Waals surface area contributed by atoms with Crippen molar-refractivity contribution in [3.63, 3.8) is 0 Å². The molecule has 2 aliphatic rings. The second-order valence-corrected chi connectivity index (χ2v) is 3.99. The Hall–Kier alpha value is -0.260. The summed E-state index contributed by atoms with van der Waals surface area (Å²) in [6.07, 6.45) is 11.1. The monoisotopic (exact) mass is 136 g/mol. The van der Waals surface area contributed by atoms with Crippen LogP contribution in [0.4, 0.5) is 0 Å². The van der Waals surface area contributed by atoms with Gasteiger partial charge in [0.15, 0.2) is 0 Å². The average molecular weight is 136 g/mol. The first-order chi connectivity index (χ1) is 4.85. The van der Waals surface area contributed by atoms with Crippen LogP contribution in [0.1, 0.15) is 45.4 Å². The van der Waals surface area contributed by atoms with Crippen LogP contribution in [-0.4, -0.2) is 0 Å². The largest absolute Gasteiger partial charge is 0.0847 e. The van der Waals surface area contributed by atoms with Gasteiger partial charge >= 0.3 is 0 Å². The van der Waals surface area contributed by atoms with Crippen molar-refractivity contribution in [3.05, 3.63) is 11.6 Å². The Balaban J connectivity index is 2.07. The minimum absolute atomic E-state index is 0.768. The lowest BCUT2D eigenvalue weighted by atomic mass is 9.81. The molecular weight excluding hydrogens is 120 g/mol. The Labute approximate surface area is 63.3 Å². The molecule has 0 heteroatoms. The summed E-state index contributed by atoms with van der Waals surface area (Å²) in [5.41, 5.74) is 2.53. The van der Waals surface area contributed by atoms with Crippen LogP contribution < -0.4 is 0 Å². The highest BCUT2D eigenvalue weighted by Crippen LogP contribution is 2.52. The van der Waals surface area contributed by atoms with Crippen LogP contribution in [0.3, 0.4) is 0 Å². The van der Waals surface area contributed by atoms with Gasteiger partial charge in [-0.3, -0.25) is 0 Å². The molecule has 56 valence electrons. The molecule has 2 bridgehead atoms. The minimum Gasteiger partial charge on any atom is -0.0847 e. The van der Waals surface area contributed by atoms with E-state index < -0.39 is 0 Å². The smallest absolute Gasteiger partial charge is 0.0223 e. The van der Waals surface area contributed by atoms with Crippen molar-refractivity contribution < 1.29 is 0 Å². The fourth-order valence-electron chi connectivity index (χ4n) is 2.64. The van der Waals surface area contributed by atoms with Gasteiger partial charge in [0.05, 0.1) is 0 Å². The second-order valence-electron chi connectivity index (χ2n) is 3.99. The van der Waals surface area contributed by atoms with Gasteiger partial charge in [-0.15, -0.1) is 0 Å². The molecule has 1 unspecified atom stereocenters. The SMILES string of the molecule is CCCC12CC=C(CC1)C2. The van der Waals surface area contributed by atoms with Gasteiger partial charge in [-0.25, -0.2) is 0 Å². The van der Waals surface area contributed by atoms with Gasteiger partial charge in [-0.1, -0.05) is 25.0 Å². The van der Waals surface area contributed by atoms with Crippen molar-refractivity contribution in [1.82, 2.24) is 0 Å². The Morgan fingerprint density at radius 3 is 2.90 bits per heavy atom. The van der Waals surface area contributed by atoms with E-state index in [-0.39, 0.29) is 0 Å². The maximum absolute atomic E-state index is 2.49. The average Bonchev–Trinajstić information content (AvgIpc) is 2.46. The molecule has 0 saturated heterocycles. The van der Waals surface area contributed by atoms with E-state index in [1.165, 1.54) is 38.5 Å². The van der Waals surface area contributed by atoms with E-state index in [1.807, 2.05) is 0 Å². The summed E-state index contributed by atoms with van der Waals surface area (Å²) in [5, 5.41) is 0. The summed E-state index contributed by atoms with van der Waals surface area (Å²) >= 11 is 0. The summed E-state index contributed by atoms with van der Waals surface area (Å²) in [5.74, 6) is 0. The molecule has 1 atom stereocenters. The van der Waals surface area contributed by atoms with Crippen LogP contribution in [-0.2, 0) is 0 Å². The van der Waals surface area contributed by atoms with Gasteiger partial charge in [-0.2, -0.15) is 0 Å². The molecule has 2 rings (SSSR count). The molecule has 0 heterocycles. The van der Waals surface area contributed by atoms with Crippen LogP contribution in [0.2, 0.25) is 0 Å². The molecule has 0 N–H and O–H groups in total. The summed E-state index contributed by atoms with van der Waals surface area (Å²) < 4.78 is 0. The van der Waals surface area contributed by atoms with Crippen LogP contribution in [0.15, 0.2) is 11.6 Å². The zero-order chi connectivity index (χ0) is 7.03. The summed E-state index contributed by atoms with van der Waals surface area (Å²) in [6.45, 7) is 2.31. The predicted octanol–water partition coefficient (Wildman–Crippen LogP) is 3.29. The van der Waals surface area contributed by atoms with Crippen molar-refractivity contribution in [3.8, 4) is 0 Å². The van der Waals surface area contributed by atoms with Gasteiger partial charge in [-0.05, 0) is 37.5 Å². The zero-order valence-corrected chi connectivity index (χ0v) is 6.82. The molecule has 0 spiro atoms. The van der Waals surface area contributed by atoms with E-state index in [9.17, 15) is 0 Å². The van der Waals surface area contributed by atoms with Crippen LogP contribution in [0, 0.1) is 5.41 Å².